The van der Waals surface area contributed by atoms with Gasteiger partial charge in [0, 0.05) is 0 Å². The number of hydrogen-bond donors (Lipinski definition) is 2. The fraction of sp³-hybridized carbons (Fsp3) is 0.250. The molecule has 0 aromatic heterocycles. The highest BCUT2D eigenvalue weighted by Gasteiger charge is 2.18. The number of rotatable bonds is 3. The molecule has 0 fully saturated rings. The maximum absolute atomic E-state index is 13.6. The van der Waals surface area contributed by atoms with Crippen LogP contribution in [0.25, 0.3) is 0 Å². The molecule has 0 atom stereocenters. The number of para-hydroxylation sites is 1. The summed E-state index contributed by atoms with van der Waals surface area (Å²) in [5.41, 5.74) is 2.15. The molecular formula is C16H17FN2O2S. The minimum Gasteiger partial charge on any atom is -0.316 e. The topological polar surface area (TPSA) is 58.2 Å². The maximum atomic E-state index is 13.6. The van der Waals surface area contributed by atoms with Crippen LogP contribution in [0.5, 0.6) is 0 Å². The molecular weight excluding hydrogens is 303 g/mol. The van der Waals surface area contributed by atoms with Gasteiger partial charge in [0.15, 0.2) is 0 Å². The van der Waals surface area contributed by atoms with Gasteiger partial charge in [-0.2, -0.15) is 0 Å². The first-order valence-corrected chi connectivity index (χ1v) is 8.64. The average Bonchev–Trinajstić information content (AvgIpc) is 2.74. The molecule has 4 nitrogen and oxygen atoms in total. The van der Waals surface area contributed by atoms with Gasteiger partial charge >= 0.3 is 0 Å². The van der Waals surface area contributed by atoms with Crippen LogP contribution in [0.15, 0.2) is 47.4 Å². The SMILES string of the molecule is O=S(=O)(Nc1ccccc1F)c1ccc2c(c1)CCNCC2. The fourth-order valence-electron chi connectivity index (χ4n) is 2.56. The standard InChI is InChI=1S/C16H17FN2O2S/c17-15-3-1-2-4-16(15)19-22(20,21)14-6-5-12-7-9-18-10-8-13(12)11-14/h1-6,11,18-19H,7-10H2. The van der Waals surface area contributed by atoms with Crippen molar-refractivity contribution in [3.63, 3.8) is 0 Å². The Morgan fingerprint density at radius 1 is 1.00 bits per heavy atom. The molecule has 0 spiro atoms. The number of halogens is 1. The van der Waals surface area contributed by atoms with Crippen LogP contribution in [0, 0.1) is 5.82 Å². The van der Waals surface area contributed by atoms with Crippen molar-refractivity contribution in [3.05, 3.63) is 59.4 Å². The van der Waals surface area contributed by atoms with E-state index in [2.05, 4.69) is 10.0 Å². The zero-order valence-corrected chi connectivity index (χ0v) is 12.8. The van der Waals surface area contributed by atoms with Crippen molar-refractivity contribution in [2.75, 3.05) is 17.8 Å². The van der Waals surface area contributed by atoms with E-state index in [1.54, 1.807) is 18.2 Å². The molecule has 22 heavy (non-hydrogen) atoms. The molecule has 0 amide bonds. The van der Waals surface area contributed by atoms with E-state index in [4.69, 9.17) is 0 Å². The van der Waals surface area contributed by atoms with Crippen LogP contribution in [-0.2, 0) is 22.9 Å². The van der Waals surface area contributed by atoms with Crippen LogP contribution in [0.4, 0.5) is 10.1 Å². The summed E-state index contributed by atoms with van der Waals surface area (Å²) in [6, 6.07) is 10.8. The van der Waals surface area contributed by atoms with E-state index < -0.39 is 15.8 Å². The quantitative estimate of drug-likeness (QED) is 0.912. The van der Waals surface area contributed by atoms with E-state index in [0.29, 0.717) is 0 Å². The smallest absolute Gasteiger partial charge is 0.261 e. The first kappa shape index (κ1) is 15.0. The lowest BCUT2D eigenvalue weighted by Crippen LogP contribution is -2.16. The van der Waals surface area contributed by atoms with Gasteiger partial charge in [0.1, 0.15) is 5.82 Å². The summed E-state index contributed by atoms with van der Waals surface area (Å²) in [7, 11) is -3.79. The Labute approximate surface area is 129 Å². The molecule has 2 aromatic carbocycles. The van der Waals surface area contributed by atoms with Gasteiger partial charge in [-0.1, -0.05) is 18.2 Å². The highest BCUT2D eigenvalue weighted by atomic mass is 32.2. The molecule has 2 aromatic rings. The Kier molecular flexibility index (Phi) is 4.13. The van der Waals surface area contributed by atoms with Gasteiger partial charge in [0.05, 0.1) is 10.6 Å². The highest BCUT2D eigenvalue weighted by molar-refractivity contribution is 7.92. The average molecular weight is 320 g/mol. The Bertz CT molecular complexity index is 790. The van der Waals surface area contributed by atoms with Crippen molar-refractivity contribution in [2.45, 2.75) is 17.7 Å². The second-order valence-electron chi connectivity index (χ2n) is 5.27. The molecule has 116 valence electrons. The van der Waals surface area contributed by atoms with E-state index in [9.17, 15) is 12.8 Å². The number of benzene rings is 2. The first-order valence-electron chi connectivity index (χ1n) is 7.16. The maximum Gasteiger partial charge on any atom is 0.261 e. The van der Waals surface area contributed by atoms with Gasteiger partial charge in [-0.15, -0.1) is 0 Å². The van der Waals surface area contributed by atoms with E-state index in [1.165, 1.54) is 18.2 Å². The van der Waals surface area contributed by atoms with E-state index in [-0.39, 0.29) is 10.6 Å². The molecule has 1 aliphatic rings. The van der Waals surface area contributed by atoms with Crippen molar-refractivity contribution >= 4 is 15.7 Å². The third-order valence-corrected chi connectivity index (χ3v) is 5.11. The summed E-state index contributed by atoms with van der Waals surface area (Å²) in [6.07, 6.45) is 1.68. The molecule has 2 N–H and O–H groups in total. The van der Waals surface area contributed by atoms with Crippen LogP contribution in [0.2, 0.25) is 0 Å². The molecule has 3 rings (SSSR count). The normalized spacial score (nSPS) is 15.0. The Balaban J connectivity index is 1.92. The molecule has 0 radical (unpaired) electrons. The van der Waals surface area contributed by atoms with Gasteiger partial charge in [-0.3, -0.25) is 4.72 Å². The third-order valence-electron chi connectivity index (χ3n) is 3.75. The molecule has 6 heteroatoms. The summed E-state index contributed by atoms with van der Waals surface area (Å²) < 4.78 is 40.8. The monoisotopic (exact) mass is 320 g/mol. The van der Waals surface area contributed by atoms with Crippen LogP contribution < -0.4 is 10.0 Å². The van der Waals surface area contributed by atoms with Crippen molar-refractivity contribution in [1.82, 2.24) is 5.32 Å². The minimum absolute atomic E-state index is 0.0425. The van der Waals surface area contributed by atoms with E-state index in [1.807, 2.05) is 6.07 Å². The predicted molar refractivity (Wildman–Crippen MR) is 83.9 cm³/mol. The van der Waals surface area contributed by atoms with Gasteiger partial charge in [-0.05, 0) is 61.3 Å². The van der Waals surface area contributed by atoms with Crippen LogP contribution >= 0.6 is 0 Å². The minimum atomic E-state index is -3.79. The van der Waals surface area contributed by atoms with Crippen molar-refractivity contribution in [2.24, 2.45) is 0 Å². The largest absolute Gasteiger partial charge is 0.316 e. The van der Waals surface area contributed by atoms with Gasteiger partial charge in [-0.25, -0.2) is 12.8 Å². The van der Waals surface area contributed by atoms with Gasteiger partial charge < -0.3 is 5.32 Å². The first-order chi connectivity index (χ1) is 10.6. The van der Waals surface area contributed by atoms with Gasteiger partial charge in [0.2, 0.25) is 0 Å². The van der Waals surface area contributed by atoms with Crippen molar-refractivity contribution in [3.8, 4) is 0 Å². The molecule has 1 aliphatic heterocycles. The number of sulfonamides is 1. The molecule has 0 saturated heterocycles. The lowest BCUT2D eigenvalue weighted by Gasteiger charge is -2.11. The summed E-state index contributed by atoms with van der Waals surface area (Å²) in [5, 5.41) is 3.29. The number of hydrogen-bond acceptors (Lipinski definition) is 3. The second kappa shape index (κ2) is 6.06. The zero-order chi connectivity index (χ0) is 15.6. The summed E-state index contributed by atoms with van der Waals surface area (Å²) >= 11 is 0. The molecule has 1 heterocycles. The van der Waals surface area contributed by atoms with Crippen LogP contribution in [0.3, 0.4) is 0 Å². The van der Waals surface area contributed by atoms with Crippen LogP contribution in [-0.4, -0.2) is 21.5 Å². The zero-order valence-electron chi connectivity index (χ0n) is 12.0. The third kappa shape index (κ3) is 3.13. The molecule has 0 unspecified atom stereocenters. The fourth-order valence-corrected chi connectivity index (χ4v) is 3.68. The molecule has 0 saturated carbocycles. The molecule has 0 bridgehead atoms. The number of nitrogens with one attached hydrogen (secondary N) is 2. The summed E-state index contributed by atoms with van der Waals surface area (Å²) in [4.78, 5) is 0.163. The summed E-state index contributed by atoms with van der Waals surface area (Å²) in [6.45, 7) is 1.73. The second-order valence-corrected chi connectivity index (χ2v) is 6.95. The lowest BCUT2D eigenvalue weighted by atomic mass is 10.0. The Morgan fingerprint density at radius 2 is 1.73 bits per heavy atom. The van der Waals surface area contributed by atoms with Gasteiger partial charge in [0.25, 0.3) is 10.0 Å². The van der Waals surface area contributed by atoms with Crippen molar-refractivity contribution in [1.29, 1.82) is 0 Å². The highest BCUT2D eigenvalue weighted by Crippen LogP contribution is 2.22. The predicted octanol–water partition coefficient (Wildman–Crippen LogP) is 2.31. The Hall–Kier alpha value is -1.92. The number of fused-ring (bicyclic) bond motifs is 1. The van der Waals surface area contributed by atoms with Crippen LogP contribution in [0.1, 0.15) is 11.1 Å². The lowest BCUT2D eigenvalue weighted by molar-refractivity contribution is 0.598. The summed E-state index contributed by atoms with van der Waals surface area (Å²) in [5.74, 6) is -0.593. The Morgan fingerprint density at radius 3 is 2.50 bits per heavy atom. The molecule has 0 aliphatic carbocycles. The van der Waals surface area contributed by atoms with E-state index in [0.717, 1.165) is 37.1 Å². The van der Waals surface area contributed by atoms with E-state index >= 15 is 0 Å². The van der Waals surface area contributed by atoms with Crippen molar-refractivity contribution < 1.29 is 12.8 Å². The number of anilines is 1.